The van der Waals surface area contributed by atoms with Gasteiger partial charge in [-0.2, -0.15) is 5.10 Å². The molecule has 0 amide bonds. The van der Waals surface area contributed by atoms with Crippen LogP contribution in [0.2, 0.25) is 5.02 Å². The van der Waals surface area contributed by atoms with Crippen molar-refractivity contribution < 1.29 is 0 Å². The number of aryl methyl sites for hydroxylation is 2. The number of hydrogen-bond donors (Lipinski definition) is 1. The standard InChI is InChI=1S/C16H22ClN3/c1-10(9-18)7-15-12(3)19-20(13(15)4)14-6-5-11(2)16(17)8-14/h5-6,8,10H,7,9,18H2,1-4H3. The molecule has 1 aromatic carbocycles. The van der Waals surface area contributed by atoms with E-state index in [-0.39, 0.29) is 0 Å². The first-order valence-corrected chi connectivity index (χ1v) is 7.33. The lowest BCUT2D eigenvalue weighted by Crippen LogP contribution is -2.14. The third-order valence-electron chi connectivity index (χ3n) is 3.80. The molecular weight excluding hydrogens is 270 g/mol. The molecule has 1 unspecified atom stereocenters. The lowest BCUT2D eigenvalue weighted by Gasteiger charge is -2.10. The second-order valence-electron chi connectivity index (χ2n) is 5.54. The molecule has 1 atom stereocenters. The zero-order valence-corrected chi connectivity index (χ0v) is 13.3. The Morgan fingerprint density at radius 3 is 2.60 bits per heavy atom. The molecule has 2 aromatic rings. The topological polar surface area (TPSA) is 43.8 Å². The molecule has 1 aromatic heterocycles. The van der Waals surface area contributed by atoms with Gasteiger partial charge in [0.2, 0.25) is 0 Å². The monoisotopic (exact) mass is 291 g/mol. The summed E-state index contributed by atoms with van der Waals surface area (Å²) in [5, 5.41) is 5.43. The molecule has 0 saturated carbocycles. The van der Waals surface area contributed by atoms with Gasteiger partial charge in [0.05, 0.1) is 11.4 Å². The van der Waals surface area contributed by atoms with E-state index in [9.17, 15) is 0 Å². The predicted molar refractivity (Wildman–Crippen MR) is 84.7 cm³/mol. The van der Waals surface area contributed by atoms with E-state index in [4.69, 9.17) is 17.3 Å². The smallest absolute Gasteiger partial charge is 0.0663 e. The lowest BCUT2D eigenvalue weighted by molar-refractivity contribution is 0.589. The Balaban J connectivity index is 2.43. The molecule has 4 heteroatoms. The zero-order chi connectivity index (χ0) is 14.9. The summed E-state index contributed by atoms with van der Waals surface area (Å²) in [6.45, 7) is 9.02. The molecule has 108 valence electrons. The van der Waals surface area contributed by atoms with Gasteiger partial charge in [-0.3, -0.25) is 0 Å². The van der Waals surface area contributed by atoms with Gasteiger partial charge >= 0.3 is 0 Å². The van der Waals surface area contributed by atoms with Crippen molar-refractivity contribution in [3.05, 3.63) is 45.7 Å². The van der Waals surface area contributed by atoms with E-state index in [1.807, 2.05) is 23.7 Å². The molecule has 0 saturated heterocycles. The van der Waals surface area contributed by atoms with Gasteiger partial charge in [0.25, 0.3) is 0 Å². The van der Waals surface area contributed by atoms with Gasteiger partial charge in [0, 0.05) is 10.7 Å². The molecule has 0 fully saturated rings. The Hall–Kier alpha value is -1.32. The van der Waals surface area contributed by atoms with Crippen molar-refractivity contribution in [2.45, 2.75) is 34.1 Å². The number of nitrogens with two attached hydrogens (primary N) is 1. The summed E-state index contributed by atoms with van der Waals surface area (Å²) >= 11 is 6.21. The third kappa shape index (κ3) is 2.89. The molecule has 2 N–H and O–H groups in total. The number of benzene rings is 1. The van der Waals surface area contributed by atoms with Crippen LogP contribution in [0.25, 0.3) is 5.69 Å². The molecule has 0 aliphatic heterocycles. The highest BCUT2D eigenvalue weighted by molar-refractivity contribution is 6.31. The van der Waals surface area contributed by atoms with Crippen LogP contribution >= 0.6 is 11.6 Å². The second kappa shape index (κ2) is 5.98. The van der Waals surface area contributed by atoms with Crippen LogP contribution in [0.1, 0.15) is 29.4 Å². The van der Waals surface area contributed by atoms with Crippen LogP contribution in [0, 0.1) is 26.7 Å². The fourth-order valence-corrected chi connectivity index (χ4v) is 2.54. The third-order valence-corrected chi connectivity index (χ3v) is 4.20. The molecule has 2 rings (SSSR count). The number of halogens is 1. The predicted octanol–water partition coefficient (Wildman–Crippen LogP) is 3.59. The van der Waals surface area contributed by atoms with Gasteiger partial charge in [0.1, 0.15) is 0 Å². The highest BCUT2D eigenvalue weighted by Crippen LogP contribution is 2.24. The van der Waals surface area contributed by atoms with E-state index in [0.29, 0.717) is 12.5 Å². The van der Waals surface area contributed by atoms with Crippen LogP contribution in [0.4, 0.5) is 0 Å². The van der Waals surface area contributed by atoms with E-state index < -0.39 is 0 Å². The maximum atomic E-state index is 6.21. The van der Waals surface area contributed by atoms with Crippen molar-refractivity contribution in [1.82, 2.24) is 9.78 Å². The Kier molecular flexibility index (Phi) is 4.51. The molecule has 0 spiro atoms. The average molecular weight is 292 g/mol. The normalized spacial score (nSPS) is 12.7. The minimum atomic E-state index is 0.464. The van der Waals surface area contributed by atoms with E-state index >= 15 is 0 Å². The molecule has 1 heterocycles. The van der Waals surface area contributed by atoms with Crippen molar-refractivity contribution in [2.75, 3.05) is 6.54 Å². The Morgan fingerprint density at radius 2 is 2.00 bits per heavy atom. The maximum absolute atomic E-state index is 6.21. The molecule has 0 aliphatic rings. The molecule has 3 nitrogen and oxygen atoms in total. The summed E-state index contributed by atoms with van der Waals surface area (Å²) in [7, 11) is 0. The first-order chi connectivity index (χ1) is 9.43. The maximum Gasteiger partial charge on any atom is 0.0663 e. The van der Waals surface area contributed by atoms with Gasteiger partial charge in [-0.15, -0.1) is 0 Å². The van der Waals surface area contributed by atoms with Crippen LogP contribution in [-0.4, -0.2) is 16.3 Å². The van der Waals surface area contributed by atoms with Crippen molar-refractivity contribution in [3.8, 4) is 5.69 Å². The molecular formula is C16H22ClN3. The fourth-order valence-electron chi connectivity index (χ4n) is 2.37. The second-order valence-corrected chi connectivity index (χ2v) is 5.95. The SMILES string of the molecule is Cc1ccc(-n2nc(C)c(CC(C)CN)c2C)cc1Cl. The summed E-state index contributed by atoms with van der Waals surface area (Å²) < 4.78 is 1.97. The van der Waals surface area contributed by atoms with Crippen molar-refractivity contribution >= 4 is 11.6 Å². The summed E-state index contributed by atoms with van der Waals surface area (Å²) in [6, 6.07) is 6.04. The largest absolute Gasteiger partial charge is 0.330 e. The molecule has 0 bridgehead atoms. The van der Waals surface area contributed by atoms with E-state index in [0.717, 1.165) is 28.4 Å². The Bertz CT molecular complexity index is 616. The molecule has 0 radical (unpaired) electrons. The highest BCUT2D eigenvalue weighted by Gasteiger charge is 2.15. The summed E-state index contributed by atoms with van der Waals surface area (Å²) in [5.74, 6) is 0.464. The van der Waals surface area contributed by atoms with Crippen LogP contribution in [0.15, 0.2) is 18.2 Å². The highest BCUT2D eigenvalue weighted by atomic mass is 35.5. The molecule has 20 heavy (non-hydrogen) atoms. The van der Waals surface area contributed by atoms with Gasteiger partial charge in [0.15, 0.2) is 0 Å². The van der Waals surface area contributed by atoms with E-state index in [2.05, 4.69) is 31.9 Å². The number of aromatic nitrogens is 2. The summed E-state index contributed by atoms with van der Waals surface area (Å²) in [4.78, 5) is 0. The first kappa shape index (κ1) is 15.1. The van der Waals surface area contributed by atoms with Crippen LogP contribution < -0.4 is 5.73 Å². The van der Waals surface area contributed by atoms with E-state index in [1.54, 1.807) is 0 Å². The van der Waals surface area contributed by atoms with Crippen LogP contribution in [0.5, 0.6) is 0 Å². The van der Waals surface area contributed by atoms with Crippen molar-refractivity contribution in [2.24, 2.45) is 11.7 Å². The van der Waals surface area contributed by atoms with Crippen molar-refractivity contribution in [3.63, 3.8) is 0 Å². The Morgan fingerprint density at radius 1 is 1.30 bits per heavy atom. The average Bonchev–Trinajstić information content (AvgIpc) is 2.69. The zero-order valence-electron chi connectivity index (χ0n) is 12.6. The van der Waals surface area contributed by atoms with E-state index in [1.165, 1.54) is 11.3 Å². The number of hydrogen-bond acceptors (Lipinski definition) is 2. The van der Waals surface area contributed by atoms with Crippen molar-refractivity contribution in [1.29, 1.82) is 0 Å². The number of rotatable bonds is 4. The van der Waals surface area contributed by atoms with Gasteiger partial charge in [-0.1, -0.05) is 24.6 Å². The van der Waals surface area contributed by atoms with Gasteiger partial charge in [-0.25, -0.2) is 4.68 Å². The Labute approximate surface area is 125 Å². The lowest BCUT2D eigenvalue weighted by atomic mass is 10.00. The minimum Gasteiger partial charge on any atom is -0.330 e. The van der Waals surface area contributed by atoms with Crippen LogP contribution in [-0.2, 0) is 6.42 Å². The number of nitrogens with zero attached hydrogens (tertiary/aromatic N) is 2. The minimum absolute atomic E-state index is 0.464. The molecule has 0 aliphatic carbocycles. The van der Waals surface area contributed by atoms with Crippen LogP contribution in [0.3, 0.4) is 0 Å². The summed E-state index contributed by atoms with van der Waals surface area (Å²) in [5.41, 5.74) is 11.3. The van der Waals surface area contributed by atoms with Gasteiger partial charge in [-0.05, 0) is 62.9 Å². The van der Waals surface area contributed by atoms with Gasteiger partial charge < -0.3 is 5.73 Å². The fraction of sp³-hybridized carbons (Fsp3) is 0.438. The quantitative estimate of drug-likeness (QED) is 0.935. The first-order valence-electron chi connectivity index (χ1n) is 6.95. The summed E-state index contributed by atoms with van der Waals surface area (Å²) in [6.07, 6.45) is 0.966.